The molecule has 2 aromatic rings. The molecule has 29 heavy (non-hydrogen) atoms. The Kier molecular flexibility index (Phi) is 8.91. The molecule has 0 aliphatic rings. The van der Waals surface area contributed by atoms with Crippen molar-refractivity contribution in [3.63, 3.8) is 0 Å². The van der Waals surface area contributed by atoms with E-state index in [9.17, 15) is 8.78 Å². The van der Waals surface area contributed by atoms with E-state index >= 15 is 0 Å². The third-order valence-corrected chi connectivity index (χ3v) is 4.76. The van der Waals surface area contributed by atoms with Crippen molar-refractivity contribution in [2.45, 2.75) is 46.5 Å². The smallest absolute Gasteiger partial charge is 0.129 e. The first-order valence-electron chi connectivity index (χ1n) is 10.4. The largest absolute Gasteiger partial charge is 0.283 e. The highest BCUT2D eigenvalue weighted by molar-refractivity contribution is 6.53. The van der Waals surface area contributed by atoms with Gasteiger partial charge in [0, 0.05) is 29.8 Å². The predicted molar refractivity (Wildman–Crippen MR) is 120 cm³/mol. The van der Waals surface area contributed by atoms with E-state index in [1.54, 1.807) is 13.0 Å². The van der Waals surface area contributed by atoms with Gasteiger partial charge in [-0.05, 0) is 37.5 Å². The number of nitrogens with zero attached hydrogens (tertiary/aromatic N) is 2. The molecular formula is C25H30F2N2. The minimum absolute atomic E-state index is 0.0985. The van der Waals surface area contributed by atoms with Crippen LogP contribution in [0, 0.1) is 11.6 Å². The summed E-state index contributed by atoms with van der Waals surface area (Å²) in [4.78, 5) is 9.38. The lowest BCUT2D eigenvalue weighted by Crippen LogP contribution is -2.19. The van der Waals surface area contributed by atoms with Gasteiger partial charge in [-0.2, -0.15) is 0 Å². The fourth-order valence-corrected chi connectivity index (χ4v) is 3.17. The summed E-state index contributed by atoms with van der Waals surface area (Å²) in [6.07, 6.45) is 5.22. The molecule has 2 aromatic carbocycles. The highest BCUT2D eigenvalue weighted by atomic mass is 19.1. The van der Waals surface area contributed by atoms with Crippen LogP contribution in [0.1, 0.15) is 62.3 Å². The molecule has 2 nitrogen and oxygen atoms in total. The van der Waals surface area contributed by atoms with Crippen LogP contribution in [-0.2, 0) is 6.42 Å². The Bertz CT molecular complexity index is 857. The van der Waals surface area contributed by atoms with Gasteiger partial charge in [0.15, 0.2) is 0 Å². The zero-order valence-electron chi connectivity index (χ0n) is 17.6. The molecule has 0 saturated carbocycles. The van der Waals surface area contributed by atoms with E-state index in [0.717, 1.165) is 30.4 Å². The number of unbranched alkanes of at least 4 members (excludes halogenated alkanes) is 2. The Hall–Kier alpha value is -2.62. The topological polar surface area (TPSA) is 24.7 Å². The van der Waals surface area contributed by atoms with Gasteiger partial charge in [-0.1, -0.05) is 63.6 Å². The molecule has 0 aliphatic heterocycles. The summed E-state index contributed by atoms with van der Waals surface area (Å²) in [5.74, 6) is -1.09. The second-order valence-electron chi connectivity index (χ2n) is 6.86. The number of hydrogen-bond donors (Lipinski definition) is 0. The van der Waals surface area contributed by atoms with Gasteiger partial charge < -0.3 is 0 Å². The third kappa shape index (κ3) is 5.93. The summed E-state index contributed by atoms with van der Waals surface area (Å²) in [5.41, 5.74) is 3.58. The van der Waals surface area contributed by atoms with Gasteiger partial charge in [0.1, 0.15) is 11.6 Å². The summed E-state index contributed by atoms with van der Waals surface area (Å²) >= 11 is 0. The lowest BCUT2D eigenvalue weighted by Gasteiger charge is -2.14. The van der Waals surface area contributed by atoms with Crippen LogP contribution in [0.15, 0.2) is 53.0 Å². The number of rotatable bonds is 10. The first-order chi connectivity index (χ1) is 14.0. The molecule has 0 saturated heterocycles. The molecule has 0 fully saturated rings. The van der Waals surface area contributed by atoms with Crippen molar-refractivity contribution in [2.75, 3.05) is 13.1 Å². The van der Waals surface area contributed by atoms with Crippen molar-refractivity contribution in [3.8, 4) is 0 Å². The molecule has 0 heterocycles. The van der Waals surface area contributed by atoms with Crippen LogP contribution in [0.4, 0.5) is 8.78 Å². The minimum atomic E-state index is -0.543. The highest BCUT2D eigenvalue weighted by Crippen LogP contribution is 2.19. The zero-order chi connectivity index (χ0) is 21.2. The van der Waals surface area contributed by atoms with Gasteiger partial charge in [0.2, 0.25) is 0 Å². The normalized spacial score (nSPS) is 12.3. The molecule has 2 rings (SSSR count). The Morgan fingerprint density at radius 3 is 2.03 bits per heavy atom. The minimum Gasteiger partial charge on any atom is -0.283 e. The Morgan fingerprint density at radius 2 is 1.52 bits per heavy atom. The Balaban J connectivity index is 2.57. The lowest BCUT2D eigenvalue weighted by molar-refractivity contribution is 0.558. The molecule has 0 bridgehead atoms. The monoisotopic (exact) mass is 396 g/mol. The summed E-state index contributed by atoms with van der Waals surface area (Å²) in [5, 5.41) is 0. The Morgan fingerprint density at radius 1 is 0.897 bits per heavy atom. The number of hydrogen-bond acceptors (Lipinski definition) is 2. The van der Waals surface area contributed by atoms with Crippen LogP contribution >= 0.6 is 0 Å². The van der Waals surface area contributed by atoms with Crippen molar-refractivity contribution in [1.82, 2.24) is 0 Å². The SMILES string of the molecule is C=Cc1ccc(C(=N/CCCCC)/C(=N\CC)c2cc(F)c(CC)c(F)c2)cc1. The molecule has 0 aliphatic carbocycles. The van der Waals surface area contributed by atoms with Crippen molar-refractivity contribution < 1.29 is 8.78 Å². The van der Waals surface area contributed by atoms with E-state index in [-0.39, 0.29) is 5.56 Å². The molecule has 0 unspecified atom stereocenters. The second kappa shape index (κ2) is 11.4. The van der Waals surface area contributed by atoms with Crippen LogP contribution in [-0.4, -0.2) is 24.5 Å². The van der Waals surface area contributed by atoms with E-state index in [1.807, 2.05) is 31.2 Å². The molecule has 0 radical (unpaired) electrons. The maximum Gasteiger partial charge on any atom is 0.129 e. The van der Waals surface area contributed by atoms with Gasteiger partial charge >= 0.3 is 0 Å². The standard InChI is InChI=1S/C25H30F2N2/c1-5-9-10-15-29-24(19-13-11-18(6-2)12-14-19)25(28-8-4)20-16-22(26)21(7-3)23(27)17-20/h6,11-14,16-17H,2,5,7-10,15H2,1,3-4H3/b28-25-,29-24-. The van der Waals surface area contributed by atoms with Crippen LogP contribution in [0.25, 0.3) is 6.08 Å². The van der Waals surface area contributed by atoms with Gasteiger partial charge in [-0.25, -0.2) is 8.78 Å². The van der Waals surface area contributed by atoms with E-state index < -0.39 is 11.6 Å². The quantitative estimate of drug-likeness (QED) is 0.317. The van der Waals surface area contributed by atoms with E-state index in [4.69, 9.17) is 4.99 Å². The molecule has 0 aromatic heterocycles. The number of halogens is 2. The summed E-state index contributed by atoms with van der Waals surface area (Å²) < 4.78 is 29.0. The van der Waals surface area contributed by atoms with E-state index in [1.165, 1.54) is 12.1 Å². The number of benzene rings is 2. The lowest BCUT2D eigenvalue weighted by atomic mass is 9.96. The number of aliphatic imine (C=N–C) groups is 2. The molecule has 154 valence electrons. The van der Waals surface area contributed by atoms with Crippen LogP contribution in [0.5, 0.6) is 0 Å². The van der Waals surface area contributed by atoms with Crippen LogP contribution < -0.4 is 0 Å². The van der Waals surface area contributed by atoms with Gasteiger partial charge in [0.25, 0.3) is 0 Å². The average molecular weight is 397 g/mol. The average Bonchev–Trinajstić information content (AvgIpc) is 2.72. The summed E-state index contributed by atoms with van der Waals surface area (Å²) in [6.45, 7) is 10.7. The van der Waals surface area contributed by atoms with Crippen LogP contribution in [0.3, 0.4) is 0 Å². The molecule has 4 heteroatoms. The van der Waals surface area contributed by atoms with Crippen molar-refractivity contribution in [1.29, 1.82) is 0 Å². The first kappa shape index (κ1) is 22.7. The molecular weight excluding hydrogens is 366 g/mol. The first-order valence-corrected chi connectivity index (χ1v) is 10.4. The van der Waals surface area contributed by atoms with Crippen molar-refractivity contribution in [2.24, 2.45) is 9.98 Å². The molecule has 0 spiro atoms. The van der Waals surface area contributed by atoms with Crippen molar-refractivity contribution >= 4 is 17.5 Å². The van der Waals surface area contributed by atoms with Crippen molar-refractivity contribution in [3.05, 3.63) is 76.9 Å². The maximum absolute atomic E-state index is 14.5. The second-order valence-corrected chi connectivity index (χ2v) is 6.86. The highest BCUT2D eigenvalue weighted by Gasteiger charge is 2.18. The molecule has 0 amide bonds. The molecule has 0 N–H and O–H groups in total. The molecule has 0 atom stereocenters. The zero-order valence-corrected chi connectivity index (χ0v) is 17.6. The fraction of sp³-hybridized carbons (Fsp3) is 0.360. The summed E-state index contributed by atoms with van der Waals surface area (Å²) in [7, 11) is 0. The maximum atomic E-state index is 14.5. The van der Waals surface area contributed by atoms with Gasteiger partial charge in [-0.15, -0.1) is 0 Å². The van der Waals surface area contributed by atoms with Crippen LogP contribution in [0.2, 0.25) is 0 Å². The summed E-state index contributed by atoms with van der Waals surface area (Å²) in [6, 6.07) is 10.6. The van der Waals surface area contributed by atoms with Gasteiger partial charge in [0.05, 0.1) is 11.4 Å². The third-order valence-electron chi connectivity index (χ3n) is 4.76. The predicted octanol–water partition coefficient (Wildman–Crippen LogP) is 6.66. The fourth-order valence-electron chi connectivity index (χ4n) is 3.17. The Labute approximate surface area is 173 Å². The van der Waals surface area contributed by atoms with E-state index in [0.29, 0.717) is 36.5 Å². The van der Waals surface area contributed by atoms with E-state index in [2.05, 4.69) is 18.5 Å². The van der Waals surface area contributed by atoms with Gasteiger partial charge in [-0.3, -0.25) is 9.98 Å².